The lowest BCUT2D eigenvalue weighted by atomic mass is 9.85. The molecule has 0 spiro atoms. The first kappa shape index (κ1) is 14.4. The molecular formula is C18H16FNO2. The molecule has 0 aliphatic carbocycles. The highest BCUT2D eigenvalue weighted by atomic mass is 19.1. The predicted molar refractivity (Wildman–Crippen MR) is 83.3 cm³/mol. The van der Waals surface area contributed by atoms with Crippen molar-refractivity contribution in [2.45, 2.75) is 26.2 Å². The van der Waals surface area contributed by atoms with Gasteiger partial charge in [-0.3, -0.25) is 4.79 Å². The van der Waals surface area contributed by atoms with E-state index in [2.05, 4.69) is 0 Å². The van der Waals surface area contributed by atoms with Crippen LogP contribution in [0.2, 0.25) is 0 Å². The number of hydrogen-bond donors (Lipinski definition) is 0. The van der Waals surface area contributed by atoms with Crippen LogP contribution in [0.4, 0.5) is 10.1 Å². The molecule has 1 aliphatic rings. The Hall–Kier alpha value is -2.49. The van der Waals surface area contributed by atoms with Crippen LogP contribution in [-0.2, 0) is 5.41 Å². The highest BCUT2D eigenvalue weighted by Gasteiger charge is 2.37. The van der Waals surface area contributed by atoms with E-state index in [0.717, 1.165) is 5.56 Å². The van der Waals surface area contributed by atoms with E-state index in [1.165, 1.54) is 24.3 Å². The molecule has 0 radical (unpaired) electrons. The maximum Gasteiger partial charge on any atom is 0.272 e. The number of rotatable bonds is 1. The number of fused-ring (bicyclic) bond motifs is 1. The van der Waals surface area contributed by atoms with Crippen molar-refractivity contribution < 1.29 is 13.9 Å². The van der Waals surface area contributed by atoms with Crippen LogP contribution in [0.3, 0.4) is 0 Å². The van der Waals surface area contributed by atoms with E-state index in [1.807, 2.05) is 26.8 Å². The summed E-state index contributed by atoms with van der Waals surface area (Å²) in [5.41, 5.74) is 2.10. The fourth-order valence-corrected chi connectivity index (χ4v) is 2.56. The lowest BCUT2D eigenvalue weighted by Crippen LogP contribution is -2.17. The summed E-state index contributed by atoms with van der Waals surface area (Å²) < 4.78 is 13.7. The molecule has 0 fully saturated rings. The molecule has 1 heterocycles. The third kappa shape index (κ3) is 2.21. The molecular weight excluding hydrogens is 281 g/mol. The van der Waals surface area contributed by atoms with E-state index >= 15 is 0 Å². The summed E-state index contributed by atoms with van der Waals surface area (Å²) in [4.78, 5) is 12.6. The maximum atomic E-state index is 13.0. The number of carbonyl (C=O) groups excluding carboxylic acids is 1. The van der Waals surface area contributed by atoms with Crippen molar-refractivity contribution in [2.75, 3.05) is 0 Å². The van der Waals surface area contributed by atoms with Gasteiger partial charge in [0.05, 0.1) is 5.56 Å². The van der Waals surface area contributed by atoms with Gasteiger partial charge in [0.1, 0.15) is 11.4 Å². The highest BCUT2D eigenvalue weighted by molar-refractivity contribution is 6.52. The molecule has 0 N–H and O–H groups in total. The fraction of sp³-hybridized carbons (Fsp3) is 0.222. The zero-order valence-corrected chi connectivity index (χ0v) is 12.7. The van der Waals surface area contributed by atoms with Crippen molar-refractivity contribution in [3.05, 3.63) is 70.2 Å². The first-order valence-electron chi connectivity index (χ1n) is 7.08. The summed E-state index contributed by atoms with van der Waals surface area (Å²) in [6.45, 7) is 6.15. The fourth-order valence-electron chi connectivity index (χ4n) is 2.56. The van der Waals surface area contributed by atoms with E-state index in [0.29, 0.717) is 21.6 Å². The van der Waals surface area contributed by atoms with E-state index in [1.54, 1.807) is 12.1 Å². The van der Waals surface area contributed by atoms with Gasteiger partial charge in [-0.1, -0.05) is 26.8 Å². The van der Waals surface area contributed by atoms with Crippen LogP contribution < -0.4 is 0 Å². The molecule has 0 unspecified atom stereocenters. The normalized spacial score (nSPS) is 14.5. The second-order valence-electron chi connectivity index (χ2n) is 6.46. The Labute approximate surface area is 128 Å². The average Bonchev–Trinajstić information content (AvgIpc) is 2.71. The van der Waals surface area contributed by atoms with E-state index < -0.39 is 5.82 Å². The van der Waals surface area contributed by atoms with E-state index in [9.17, 15) is 14.4 Å². The minimum Gasteiger partial charge on any atom is -0.618 e. The van der Waals surface area contributed by atoms with Gasteiger partial charge in [0.25, 0.3) is 11.5 Å². The first-order valence-corrected chi connectivity index (χ1v) is 7.08. The molecule has 22 heavy (non-hydrogen) atoms. The Morgan fingerprint density at radius 2 is 1.68 bits per heavy atom. The van der Waals surface area contributed by atoms with E-state index in [-0.39, 0.29) is 16.9 Å². The molecule has 0 aromatic heterocycles. The number of nitrogens with zero attached hydrogens (tertiary/aromatic N) is 1. The SMILES string of the molecule is CC(C)(C)c1ccc2c(c1)C(=O)C(c1ccc(F)cc1)=[N+]2[O-]. The van der Waals surface area contributed by atoms with Crippen molar-refractivity contribution >= 4 is 17.2 Å². The van der Waals surface area contributed by atoms with Gasteiger partial charge in [-0.05, 0) is 41.3 Å². The molecule has 0 saturated carbocycles. The predicted octanol–water partition coefficient (Wildman–Crippen LogP) is 3.95. The van der Waals surface area contributed by atoms with Crippen molar-refractivity contribution in [2.24, 2.45) is 0 Å². The third-order valence-electron chi connectivity index (χ3n) is 3.86. The van der Waals surface area contributed by atoms with Crippen molar-refractivity contribution in [3.8, 4) is 0 Å². The van der Waals surface area contributed by atoms with Crippen LogP contribution >= 0.6 is 0 Å². The molecule has 0 bridgehead atoms. The van der Waals surface area contributed by atoms with Gasteiger partial charge in [-0.15, -0.1) is 0 Å². The summed E-state index contributed by atoms with van der Waals surface area (Å²) in [6, 6.07) is 10.7. The Morgan fingerprint density at radius 1 is 1.05 bits per heavy atom. The molecule has 2 aromatic rings. The van der Waals surface area contributed by atoms with Gasteiger partial charge in [0.2, 0.25) is 5.69 Å². The standard InChI is InChI=1S/C18H16FNO2/c1-18(2,3)12-6-9-15-14(10-12)17(21)16(20(15)22)11-4-7-13(19)8-5-11/h4-10H,1-3H3. The summed E-state index contributed by atoms with van der Waals surface area (Å²) >= 11 is 0. The van der Waals surface area contributed by atoms with Crippen molar-refractivity contribution in [3.63, 3.8) is 0 Å². The second kappa shape index (κ2) is 4.77. The van der Waals surface area contributed by atoms with Gasteiger partial charge in [-0.25, -0.2) is 4.39 Å². The first-order chi connectivity index (χ1) is 10.3. The zero-order valence-electron chi connectivity index (χ0n) is 12.7. The zero-order chi connectivity index (χ0) is 16.1. The van der Waals surface area contributed by atoms with Crippen LogP contribution in [0.25, 0.3) is 0 Å². The molecule has 0 atom stereocenters. The molecule has 0 amide bonds. The lowest BCUT2D eigenvalue weighted by molar-refractivity contribution is -0.355. The number of ketones is 1. The van der Waals surface area contributed by atoms with Gasteiger partial charge in [0.15, 0.2) is 0 Å². The van der Waals surface area contributed by atoms with Crippen LogP contribution in [0, 0.1) is 11.0 Å². The van der Waals surface area contributed by atoms with Crippen LogP contribution in [0.1, 0.15) is 42.3 Å². The highest BCUT2D eigenvalue weighted by Crippen LogP contribution is 2.32. The summed E-state index contributed by atoms with van der Waals surface area (Å²) in [7, 11) is 0. The molecule has 0 saturated heterocycles. The maximum absolute atomic E-state index is 13.0. The van der Waals surface area contributed by atoms with Crippen LogP contribution in [0.5, 0.6) is 0 Å². The summed E-state index contributed by atoms with van der Waals surface area (Å²) in [6.07, 6.45) is 0. The molecule has 112 valence electrons. The number of benzene rings is 2. The molecule has 3 nitrogen and oxygen atoms in total. The monoisotopic (exact) mass is 297 g/mol. The topological polar surface area (TPSA) is 43.1 Å². The molecule has 2 aromatic carbocycles. The van der Waals surface area contributed by atoms with Crippen molar-refractivity contribution in [1.29, 1.82) is 0 Å². The van der Waals surface area contributed by atoms with Gasteiger partial charge >= 0.3 is 0 Å². The summed E-state index contributed by atoms with van der Waals surface area (Å²) in [5, 5.41) is 12.4. The number of halogens is 1. The number of hydrogen-bond acceptors (Lipinski definition) is 2. The number of carbonyl (C=O) groups is 1. The minimum absolute atomic E-state index is 0.0426. The Balaban J connectivity index is 2.11. The third-order valence-corrected chi connectivity index (χ3v) is 3.86. The van der Waals surface area contributed by atoms with Gasteiger partial charge in [-0.2, -0.15) is 4.74 Å². The summed E-state index contributed by atoms with van der Waals surface area (Å²) in [5.74, 6) is -0.720. The van der Waals surface area contributed by atoms with Crippen molar-refractivity contribution in [1.82, 2.24) is 0 Å². The Morgan fingerprint density at radius 3 is 2.27 bits per heavy atom. The Kier molecular flexibility index (Phi) is 3.13. The van der Waals surface area contributed by atoms with E-state index in [4.69, 9.17) is 0 Å². The van der Waals surface area contributed by atoms with Crippen LogP contribution in [-0.4, -0.2) is 16.2 Å². The Bertz CT molecular complexity index is 799. The van der Waals surface area contributed by atoms with Gasteiger partial charge in [0, 0.05) is 6.07 Å². The lowest BCUT2D eigenvalue weighted by Gasteiger charge is -2.19. The minimum atomic E-state index is -0.403. The molecule has 3 rings (SSSR count). The smallest absolute Gasteiger partial charge is 0.272 e. The molecule has 1 aliphatic heterocycles. The van der Waals surface area contributed by atoms with Gasteiger partial charge < -0.3 is 5.21 Å². The second-order valence-corrected chi connectivity index (χ2v) is 6.46. The quantitative estimate of drug-likeness (QED) is 0.591. The average molecular weight is 297 g/mol. The number of Topliss-reactive ketones (excluding diaryl/α,β-unsaturated/α-hetero) is 1. The van der Waals surface area contributed by atoms with Crippen LogP contribution in [0.15, 0.2) is 42.5 Å². The largest absolute Gasteiger partial charge is 0.618 e. The molecule has 4 heteroatoms.